The molecule has 0 bridgehead atoms. The Kier molecular flexibility index (Phi) is 38.4. The van der Waals surface area contributed by atoms with Crippen LogP contribution in [-0.4, -0.2) is 64.1 Å². The quantitative estimate of drug-likeness (QED) is 0.142. The van der Waals surface area contributed by atoms with Gasteiger partial charge in [0.25, 0.3) is 0 Å². The van der Waals surface area contributed by atoms with E-state index in [9.17, 15) is 31.2 Å². The number of carbonyl (C=O) groups excluding carboxylic acids is 1. The summed E-state index contributed by atoms with van der Waals surface area (Å²) in [5.74, 6) is -1.16. The first-order valence-electron chi connectivity index (χ1n) is 16.2. The number of carbonyl (C=O) groups is 2. The van der Waals surface area contributed by atoms with Crippen LogP contribution in [0.2, 0.25) is 0 Å². The van der Waals surface area contributed by atoms with Gasteiger partial charge in [-0.2, -0.15) is 21.6 Å². The van der Waals surface area contributed by atoms with Gasteiger partial charge < -0.3 is 19.2 Å². The molecule has 14 heteroatoms. The van der Waals surface area contributed by atoms with Gasteiger partial charge in [-0.05, 0) is 65.8 Å². The lowest BCUT2D eigenvalue weighted by molar-refractivity contribution is -0.0526. The number of hydrogen-bond donors (Lipinski definition) is 1. The number of hydrogen-bond acceptors (Lipinski definition) is 8. The zero-order valence-electron chi connectivity index (χ0n) is 33.0. The molecular formula is C35H63BF3O9S. The molecule has 0 aliphatic carbocycles. The van der Waals surface area contributed by atoms with Crippen LogP contribution in [0.25, 0.3) is 0 Å². The summed E-state index contributed by atoms with van der Waals surface area (Å²) in [6.07, 6.45) is 0. The third-order valence-electron chi connectivity index (χ3n) is 5.41. The lowest BCUT2D eigenvalue weighted by Crippen LogP contribution is -2.41. The molecule has 1 fully saturated rings. The average Bonchev–Trinajstić information content (AvgIpc) is 3.35. The van der Waals surface area contributed by atoms with Gasteiger partial charge in [0.15, 0.2) is 0 Å². The fourth-order valence-electron chi connectivity index (χ4n) is 2.15. The Labute approximate surface area is 296 Å². The minimum absolute atomic E-state index is 0.187. The summed E-state index contributed by atoms with van der Waals surface area (Å²) in [7, 11) is -2.09. The van der Waals surface area contributed by atoms with Crippen molar-refractivity contribution in [3.8, 4) is 0 Å². The van der Waals surface area contributed by atoms with E-state index in [-0.39, 0.29) is 17.2 Å². The van der Waals surface area contributed by atoms with E-state index in [1.807, 2.05) is 123 Å². The topological polar surface area (TPSA) is 125 Å². The monoisotopic (exact) mass is 727 g/mol. The smallest absolute Gasteiger partial charge is 0.478 e. The maximum atomic E-state index is 11.1. The van der Waals surface area contributed by atoms with Crippen LogP contribution in [0.5, 0.6) is 0 Å². The Morgan fingerprint density at radius 2 is 0.959 bits per heavy atom. The van der Waals surface area contributed by atoms with E-state index in [0.29, 0.717) is 18.2 Å². The molecule has 287 valence electrons. The highest BCUT2D eigenvalue weighted by molar-refractivity contribution is 7.87. The van der Waals surface area contributed by atoms with Crippen LogP contribution < -0.4 is 0 Å². The molecule has 2 aromatic rings. The van der Waals surface area contributed by atoms with Crippen LogP contribution in [-0.2, 0) is 28.3 Å². The van der Waals surface area contributed by atoms with Crippen LogP contribution in [0.3, 0.4) is 0 Å². The van der Waals surface area contributed by atoms with Crippen LogP contribution in [0.15, 0.2) is 48.5 Å². The predicted octanol–water partition coefficient (Wildman–Crippen LogP) is 10.2. The maximum absolute atomic E-state index is 11.1. The summed E-state index contributed by atoms with van der Waals surface area (Å²) in [4.78, 5) is 21.2. The van der Waals surface area contributed by atoms with Gasteiger partial charge in [-0.25, -0.2) is 9.59 Å². The van der Waals surface area contributed by atoms with Crippen LogP contribution in [0.1, 0.15) is 129 Å². The summed E-state index contributed by atoms with van der Waals surface area (Å²) < 4.78 is 70.8. The van der Waals surface area contributed by atoms with E-state index in [1.54, 1.807) is 36.4 Å². The van der Waals surface area contributed by atoms with Crippen molar-refractivity contribution in [2.45, 2.75) is 127 Å². The standard InChI is InChI=1S/C9H10O2.C8H8O2.C6H12BO2.C2H3F3O3S.5C2H6/c1-7-3-5-8(6-4-7)9(10)11-2;1-6-2-4-7(5-3-6)8(9)10;1-5(2)6(3,4)9-7-8-5;1-8-9(6,7)2(3,4)5;5*1-2/h3-6H,1-2H3;2-5H,1H3,(H,9,10);1-4H3;1H3;5*1-2H3. The summed E-state index contributed by atoms with van der Waals surface area (Å²) in [5, 5.41) is 8.48. The van der Waals surface area contributed by atoms with Gasteiger partial charge in [0, 0.05) is 0 Å². The molecule has 0 spiro atoms. The maximum Gasteiger partial charge on any atom is 0.523 e. The fourth-order valence-corrected chi connectivity index (χ4v) is 2.34. The number of carboxylic acids is 1. The van der Waals surface area contributed by atoms with Crippen LogP contribution >= 0.6 is 0 Å². The average molecular weight is 728 g/mol. The Balaban J connectivity index is -0.000000116. The van der Waals surface area contributed by atoms with Crippen molar-refractivity contribution < 1.29 is 54.5 Å². The molecular weight excluding hydrogens is 664 g/mol. The summed E-state index contributed by atoms with van der Waals surface area (Å²) in [6.45, 7) is 31.9. The van der Waals surface area contributed by atoms with Crippen molar-refractivity contribution in [3.63, 3.8) is 0 Å². The van der Waals surface area contributed by atoms with Gasteiger partial charge in [0.2, 0.25) is 0 Å². The number of methoxy groups -OCH3 is 1. The van der Waals surface area contributed by atoms with Crippen molar-refractivity contribution in [2.75, 3.05) is 14.2 Å². The molecule has 1 aliphatic heterocycles. The third kappa shape index (κ3) is 26.6. The number of ether oxygens (including phenoxy) is 1. The Morgan fingerprint density at radius 1 is 0.673 bits per heavy atom. The highest BCUT2D eigenvalue weighted by Gasteiger charge is 2.46. The third-order valence-corrected chi connectivity index (χ3v) is 6.42. The summed E-state index contributed by atoms with van der Waals surface area (Å²) in [5.41, 5.74) is -2.53. The molecule has 0 saturated carbocycles. The Bertz CT molecular complexity index is 1150. The largest absolute Gasteiger partial charge is 0.523 e. The molecule has 9 nitrogen and oxygen atoms in total. The first kappa shape index (κ1) is 58.3. The van der Waals surface area contributed by atoms with Gasteiger partial charge >= 0.3 is 35.3 Å². The van der Waals surface area contributed by atoms with Gasteiger partial charge in [-0.1, -0.05) is 105 Å². The molecule has 49 heavy (non-hydrogen) atoms. The molecule has 1 radical (unpaired) electrons. The number of rotatable bonds is 3. The van der Waals surface area contributed by atoms with Crippen molar-refractivity contribution >= 4 is 29.7 Å². The molecule has 2 aromatic carbocycles. The van der Waals surface area contributed by atoms with Gasteiger partial charge in [-0.3, -0.25) is 4.18 Å². The number of alkyl halides is 3. The number of aryl methyl sites for hydroxylation is 2. The van der Waals surface area contributed by atoms with Crippen molar-refractivity contribution in [1.82, 2.24) is 0 Å². The zero-order valence-corrected chi connectivity index (χ0v) is 33.8. The van der Waals surface area contributed by atoms with E-state index < -0.39 is 21.6 Å². The molecule has 3 rings (SSSR count). The first-order valence-corrected chi connectivity index (χ1v) is 17.6. The van der Waals surface area contributed by atoms with Gasteiger partial charge in [-0.15, -0.1) is 0 Å². The second-order valence-corrected chi connectivity index (χ2v) is 10.7. The molecule has 1 saturated heterocycles. The number of benzene rings is 2. The molecule has 1 N–H and O–H groups in total. The van der Waals surface area contributed by atoms with E-state index in [2.05, 4.69) is 8.92 Å². The van der Waals surface area contributed by atoms with E-state index in [4.69, 9.17) is 14.4 Å². The number of carboxylic acid groups (broad SMARTS) is 1. The van der Waals surface area contributed by atoms with Crippen molar-refractivity contribution in [2.24, 2.45) is 0 Å². The molecule has 0 aromatic heterocycles. The second kappa shape index (κ2) is 32.3. The molecule has 0 atom stereocenters. The zero-order chi connectivity index (χ0) is 40.7. The van der Waals surface area contributed by atoms with Crippen LogP contribution in [0, 0.1) is 13.8 Å². The lowest BCUT2D eigenvalue weighted by atomic mass is 9.90. The first-order chi connectivity index (χ1) is 22.7. The molecule has 0 unspecified atom stereocenters. The normalized spacial score (nSPS) is 12.6. The highest BCUT2D eigenvalue weighted by atomic mass is 32.2. The molecule has 1 aliphatic rings. The minimum atomic E-state index is -5.34. The van der Waals surface area contributed by atoms with Crippen LogP contribution in [0.4, 0.5) is 13.2 Å². The van der Waals surface area contributed by atoms with Crippen molar-refractivity contribution in [1.29, 1.82) is 0 Å². The predicted molar refractivity (Wildman–Crippen MR) is 195 cm³/mol. The minimum Gasteiger partial charge on any atom is -0.478 e. The Hall–Kier alpha value is -2.94. The highest BCUT2D eigenvalue weighted by Crippen LogP contribution is 2.33. The second-order valence-electron chi connectivity index (χ2n) is 8.95. The summed E-state index contributed by atoms with van der Waals surface area (Å²) >= 11 is 0. The Morgan fingerprint density at radius 3 is 1.12 bits per heavy atom. The van der Waals surface area contributed by atoms with Gasteiger partial charge in [0.1, 0.15) is 0 Å². The number of esters is 1. The number of aromatic carboxylic acids is 1. The lowest BCUT2D eigenvalue weighted by Gasteiger charge is -2.32. The molecule has 1 heterocycles. The van der Waals surface area contributed by atoms with Gasteiger partial charge in [0.05, 0.1) is 36.5 Å². The number of halogens is 3. The van der Waals surface area contributed by atoms with E-state index in [1.165, 1.54) is 14.8 Å². The van der Waals surface area contributed by atoms with E-state index >= 15 is 0 Å². The van der Waals surface area contributed by atoms with E-state index in [0.717, 1.165) is 11.1 Å². The fraction of sp³-hybridized carbons (Fsp3) is 0.600. The molecule has 0 amide bonds. The summed E-state index contributed by atoms with van der Waals surface area (Å²) in [6, 6.07) is 14.0. The SMILES string of the molecule is CC.CC.CC.CC.CC.CC1(C)O[B]OC1(C)C.COC(=O)c1ccc(C)cc1.COS(=O)(=O)C(F)(F)F.Cc1ccc(C(=O)O)cc1. The van der Waals surface area contributed by atoms with Crippen molar-refractivity contribution in [3.05, 3.63) is 70.8 Å².